The number of aldehydes is 1. The highest BCUT2D eigenvalue weighted by molar-refractivity contribution is 5.76. The zero-order valence-corrected chi connectivity index (χ0v) is 13.7. The van der Waals surface area contributed by atoms with Gasteiger partial charge in [-0.25, -0.2) is 0 Å². The van der Waals surface area contributed by atoms with Gasteiger partial charge < -0.3 is 20.1 Å². The van der Waals surface area contributed by atoms with Gasteiger partial charge in [0.25, 0.3) is 0 Å². The molecule has 25 heavy (non-hydrogen) atoms. The van der Waals surface area contributed by atoms with Gasteiger partial charge in [-0.1, -0.05) is 36.4 Å². The van der Waals surface area contributed by atoms with E-state index >= 15 is 0 Å². The van der Waals surface area contributed by atoms with Crippen LogP contribution >= 0.6 is 0 Å². The molecule has 0 unspecified atom stereocenters. The lowest BCUT2D eigenvalue weighted by Gasteiger charge is -2.01. The molecule has 0 aromatic heterocycles. The van der Waals surface area contributed by atoms with E-state index in [1.807, 2.05) is 12.1 Å². The van der Waals surface area contributed by atoms with E-state index in [9.17, 15) is 4.79 Å². The standard InChI is InChI=1S/C8H8O3.2C6H6O/c1-11-8-4-6(5-9)2-3-7(8)10;2*7-6-4-2-1-3-5-6/h2-5,10H,1H3;2*1-5,7H. The molecule has 3 aromatic rings. The van der Waals surface area contributed by atoms with Crippen LogP contribution in [-0.4, -0.2) is 28.7 Å². The normalized spacial score (nSPS) is 8.84. The number of methoxy groups -OCH3 is 1. The van der Waals surface area contributed by atoms with Crippen molar-refractivity contribution in [2.75, 3.05) is 7.11 Å². The molecule has 0 bridgehead atoms. The number of carbonyl (C=O) groups excluding carboxylic acids is 1. The fourth-order valence-corrected chi connectivity index (χ4v) is 1.62. The minimum absolute atomic E-state index is 0.0399. The van der Waals surface area contributed by atoms with Crippen molar-refractivity contribution in [3.8, 4) is 23.0 Å². The van der Waals surface area contributed by atoms with Crippen molar-refractivity contribution in [1.82, 2.24) is 0 Å². The van der Waals surface area contributed by atoms with E-state index in [1.54, 1.807) is 48.5 Å². The van der Waals surface area contributed by atoms with Crippen molar-refractivity contribution >= 4 is 6.29 Å². The fraction of sp³-hybridized carbons (Fsp3) is 0.0500. The van der Waals surface area contributed by atoms with Gasteiger partial charge in [-0.2, -0.15) is 0 Å². The van der Waals surface area contributed by atoms with E-state index < -0.39 is 0 Å². The molecule has 0 amide bonds. The van der Waals surface area contributed by atoms with Crippen LogP contribution in [0.4, 0.5) is 0 Å². The first-order chi connectivity index (χ1) is 12.1. The van der Waals surface area contributed by atoms with Crippen LogP contribution in [0.1, 0.15) is 10.4 Å². The van der Waals surface area contributed by atoms with Crippen LogP contribution in [0.25, 0.3) is 0 Å². The molecule has 0 spiro atoms. The molecule has 0 radical (unpaired) electrons. The van der Waals surface area contributed by atoms with Crippen molar-refractivity contribution in [2.24, 2.45) is 0 Å². The summed E-state index contributed by atoms with van der Waals surface area (Å²) in [6, 6.07) is 21.8. The first-order valence-electron chi connectivity index (χ1n) is 7.37. The summed E-state index contributed by atoms with van der Waals surface area (Å²) in [4.78, 5) is 10.2. The summed E-state index contributed by atoms with van der Waals surface area (Å²) in [5.74, 6) is 0.998. The molecule has 3 rings (SSSR count). The molecule has 0 aliphatic carbocycles. The Hall–Kier alpha value is -3.47. The van der Waals surface area contributed by atoms with E-state index in [0.717, 1.165) is 0 Å². The zero-order chi connectivity index (χ0) is 18.5. The van der Waals surface area contributed by atoms with Gasteiger partial charge in [0.05, 0.1) is 7.11 Å². The molecule has 3 N–H and O–H groups in total. The number of phenolic OH excluding ortho intramolecular Hbond substituents is 3. The maximum atomic E-state index is 10.2. The number of rotatable bonds is 2. The molecule has 5 heteroatoms. The third kappa shape index (κ3) is 8.08. The largest absolute Gasteiger partial charge is 0.508 e. The highest BCUT2D eigenvalue weighted by atomic mass is 16.5. The summed E-state index contributed by atoms with van der Waals surface area (Å²) in [6.45, 7) is 0. The number of carbonyl (C=O) groups is 1. The van der Waals surface area contributed by atoms with Crippen molar-refractivity contribution in [3.05, 3.63) is 84.4 Å². The summed E-state index contributed by atoms with van der Waals surface area (Å²) in [5.41, 5.74) is 0.486. The SMILES string of the molecule is COc1cc(C=O)ccc1O.Oc1ccccc1.Oc1ccccc1. The number of hydrogen-bond acceptors (Lipinski definition) is 5. The number of para-hydroxylation sites is 2. The van der Waals surface area contributed by atoms with E-state index in [-0.39, 0.29) is 5.75 Å². The number of hydrogen-bond donors (Lipinski definition) is 3. The number of benzene rings is 3. The Kier molecular flexibility index (Phi) is 8.71. The molecule has 3 aromatic carbocycles. The number of aromatic hydroxyl groups is 3. The van der Waals surface area contributed by atoms with E-state index in [0.29, 0.717) is 29.1 Å². The minimum atomic E-state index is 0.0399. The summed E-state index contributed by atoms with van der Waals surface area (Å²) >= 11 is 0. The van der Waals surface area contributed by atoms with Crippen LogP contribution in [0, 0.1) is 0 Å². The molecule has 0 saturated carbocycles. The maximum Gasteiger partial charge on any atom is 0.161 e. The van der Waals surface area contributed by atoms with Gasteiger partial charge in [-0.3, -0.25) is 4.79 Å². The van der Waals surface area contributed by atoms with Crippen LogP contribution in [-0.2, 0) is 0 Å². The minimum Gasteiger partial charge on any atom is -0.508 e. The van der Waals surface area contributed by atoms with Gasteiger partial charge in [0.2, 0.25) is 0 Å². The molecule has 0 heterocycles. The Morgan fingerprint density at radius 3 is 1.56 bits per heavy atom. The van der Waals surface area contributed by atoms with E-state index in [1.165, 1.54) is 25.3 Å². The number of ether oxygens (including phenoxy) is 1. The van der Waals surface area contributed by atoms with E-state index in [4.69, 9.17) is 20.1 Å². The molecule has 5 nitrogen and oxygen atoms in total. The highest BCUT2D eigenvalue weighted by Gasteiger charge is 2.00. The highest BCUT2D eigenvalue weighted by Crippen LogP contribution is 2.25. The Morgan fingerprint density at radius 2 is 1.24 bits per heavy atom. The predicted molar refractivity (Wildman–Crippen MR) is 96.3 cm³/mol. The summed E-state index contributed by atoms with van der Waals surface area (Å²) in [5, 5.41) is 26.4. The first kappa shape index (κ1) is 19.6. The first-order valence-corrected chi connectivity index (χ1v) is 7.37. The second-order valence-corrected chi connectivity index (χ2v) is 4.72. The van der Waals surface area contributed by atoms with Crippen molar-refractivity contribution in [1.29, 1.82) is 0 Å². The average molecular weight is 340 g/mol. The van der Waals surface area contributed by atoms with Gasteiger partial charge in [-0.05, 0) is 42.5 Å². The van der Waals surface area contributed by atoms with Crippen LogP contribution in [0.2, 0.25) is 0 Å². The average Bonchev–Trinajstić information content (AvgIpc) is 2.64. The molecule has 0 aliphatic rings. The summed E-state index contributed by atoms with van der Waals surface area (Å²) in [7, 11) is 1.43. The van der Waals surface area contributed by atoms with Gasteiger partial charge >= 0.3 is 0 Å². The molecular weight excluding hydrogens is 320 g/mol. The van der Waals surface area contributed by atoms with Gasteiger partial charge in [0.1, 0.15) is 17.8 Å². The molecule has 0 atom stereocenters. The third-order valence-corrected chi connectivity index (χ3v) is 2.85. The monoisotopic (exact) mass is 340 g/mol. The Labute approximate surface area is 146 Å². The molecule has 0 aliphatic heterocycles. The van der Waals surface area contributed by atoms with Crippen LogP contribution < -0.4 is 4.74 Å². The van der Waals surface area contributed by atoms with Gasteiger partial charge in [0.15, 0.2) is 11.5 Å². The van der Waals surface area contributed by atoms with Crippen molar-refractivity contribution in [3.63, 3.8) is 0 Å². The van der Waals surface area contributed by atoms with Crippen molar-refractivity contribution in [2.45, 2.75) is 0 Å². The van der Waals surface area contributed by atoms with Crippen molar-refractivity contribution < 1.29 is 24.9 Å². The Balaban J connectivity index is 0.000000195. The molecule has 0 fully saturated rings. The lowest BCUT2D eigenvalue weighted by molar-refractivity contribution is 0.112. The molecule has 130 valence electrons. The van der Waals surface area contributed by atoms with Crippen LogP contribution in [0.5, 0.6) is 23.0 Å². The number of phenols is 3. The summed E-state index contributed by atoms with van der Waals surface area (Å²) < 4.78 is 4.78. The smallest absolute Gasteiger partial charge is 0.161 e. The summed E-state index contributed by atoms with van der Waals surface area (Å²) in [6.07, 6.45) is 0.696. The zero-order valence-electron chi connectivity index (χ0n) is 13.7. The molecular formula is C20H20O5. The van der Waals surface area contributed by atoms with Gasteiger partial charge in [-0.15, -0.1) is 0 Å². The lowest BCUT2D eigenvalue weighted by Crippen LogP contribution is -1.85. The van der Waals surface area contributed by atoms with E-state index in [2.05, 4.69) is 0 Å². The predicted octanol–water partition coefficient (Wildman–Crippen LogP) is 4.00. The Morgan fingerprint density at radius 1 is 0.760 bits per heavy atom. The third-order valence-electron chi connectivity index (χ3n) is 2.85. The quantitative estimate of drug-likeness (QED) is 0.614. The topological polar surface area (TPSA) is 87.0 Å². The lowest BCUT2D eigenvalue weighted by atomic mass is 10.2. The van der Waals surface area contributed by atoms with Crippen LogP contribution in [0.3, 0.4) is 0 Å². The van der Waals surface area contributed by atoms with Crippen LogP contribution in [0.15, 0.2) is 78.9 Å². The molecule has 0 saturated heterocycles. The second-order valence-electron chi connectivity index (χ2n) is 4.72. The van der Waals surface area contributed by atoms with Gasteiger partial charge in [0, 0.05) is 5.56 Å². The second kappa shape index (κ2) is 11.1. The fourth-order valence-electron chi connectivity index (χ4n) is 1.62. The Bertz CT molecular complexity index is 705. The maximum absolute atomic E-state index is 10.2.